The van der Waals surface area contributed by atoms with Gasteiger partial charge in [-0.15, -0.1) is 0 Å². The van der Waals surface area contributed by atoms with Crippen LogP contribution in [0.5, 0.6) is 0 Å². The first-order chi connectivity index (χ1) is 13.8. The number of aryl methyl sites for hydroxylation is 1. The lowest BCUT2D eigenvalue weighted by molar-refractivity contribution is -0.120. The second kappa shape index (κ2) is 8.11. The summed E-state index contributed by atoms with van der Waals surface area (Å²) < 4.78 is 28.8. The quantitative estimate of drug-likeness (QED) is 0.677. The molecule has 2 fully saturated rings. The van der Waals surface area contributed by atoms with E-state index in [-0.39, 0.29) is 23.4 Å². The van der Waals surface area contributed by atoms with Gasteiger partial charge in [-0.3, -0.25) is 9.10 Å². The molecule has 3 atom stereocenters. The number of rotatable bonds is 6. The zero-order valence-corrected chi connectivity index (χ0v) is 18.7. The number of carbonyl (C=O) groups is 1. The summed E-state index contributed by atoms with van der Waals surface area (Å²) in [6.45, 7) is 1.68. The summed E-state index contributed by atoms with van der Waals surface area (Å²) >= 11 is 3.38. The molecule has 0 spiro atoms. The molecule has 1 N–H and O–H groups in total. The molecule has 1 amide bonds. The van der Waals surface area contributed by atoms with E-state index in [1.807, 2.05) is 6.92 Å². The Hall–Kier alpha value is -1.86. The van der Waals surface area contributed by atoms with Crippen LogP contribution in [0.2, 0.25) is 0 Å². The second-order valence-corrected chi connectivity index (χ2v) is 10.9. The van der Waals surface area contributed by atoms with Gasteiger partial charge in [0.25, 0.3) is 10.0 Å². The summed E-state index contributed by atoms with van der Waals surface area (Å²) in [5.74, 6) is 1.00. The molecule has 0 aliphatic heterocycles. The maximum atomic E-state index is 13.4. The third kappa shape index (κ3) is 4.36. The fraction of sp³-hybridized carbons (Fsp3) is 0.409. The van der Waals surface area contributed by atoms with E-state index in [1.54, 1.807) is 48.5 Å². The van der Waals surface area contributed by atoms with Crippen LogP contribution in [0, 0.1) is 18.8 Å². The summed E-state index contributed by atoms with van der Waals surface area (Å²) in [5, 5.41) is 3.10. The van der Waals surface area contributed by atoms with Gasteiger partial charge in [0.15, 0.2) is 0 Å². The zero-order chi connectivity index (χ0) is 20.6. The van der Waals surface area contributed by atoms with Crippen molar-refractivity contribution in [1.29, 1.82) is 0 Å². The Bertz CT molecular complexity index is 990. The van der Waals surface area contributed by atoms with Crippen molar-refractivity contribution >= 4 is 37.5 Å². The number of sulfonamides is 1. The highest BCUT2D eigenvalue weighted by Crippen LogP contribution is 2.44. The van der Waals surface area contributed by atoms with Gasteiger partial charge in [-0.05, 0) is 74.4 Å². The summed E-state index contributed by atoms with van der Waals surface area (Å²) in [4.78, 5) is 13.0. The monoisotopic (exact) mass is 476 g/mol. The summed E-state index contributed by atoms with van der Waals surface area (Å²) in [5.41, 5.74) is 1.45. The first-order valence-corrected chi connectivity index (χ1v) is 12.2. The molecular formula is C22H25BrN2O3S. The molecule has 4 rings (SSSR count). The molecule has 2 saturated carbocycles. The first-order valence-electron chi connectivity index (χ1n) is 9.97. The third-order valence-corrected chi connectivity index (χ3v) is 8.41. The average molecular weight is 477 g/mol. The lowest BCUT2D eigenvalue weighted by Crippen LogP contribution is -2.46. The van der Waals surface area contributed by atoms with Crippen LogP contribution in [0.4, 0.5) is 5.69 Å². The van der Waals surface area contributed by atoms with Gasteiger partial charge in [0.1, 0.15) is 6.54 Å². The van der Waals surface area contributed by atoms with E-state index < -0.39 is 10.0 Å². The Morgan fingerprint density at radius 2 is 1.76 bits per heavy atom. The number of amides is 1. The minimum absolute atomic E-state index is 0.176. The topological polar surface area (TPSA) is 66.5 Å². The maximum absolute atomic E-state index is 13.4. The largest absolute Gasteiger partial charge is 0.352 e. The standard InChI is InChI=1S/C22H25BrN2O3S/c1-15-2-10-20(11-3-15)29(27,28)25(19-8-6-18(23)7-9-19)14-22(26)24-21-13-16-4-5-17(21)12-16/h2-3,6-11,16-17,21H,4-5,12-14H2,1H3,(H,24,26)/t16-,17-,21-/m0/s1. The van der Waals surface area contributed by atoms with E-state index >= 15 is 0 Å². The summed E-state index contributed by atoms with van der Waals surface area (Å²) in [6.07, 6.45) is 4.61. The van der Waals surface area contributed by atoms with Crippen LogP contribution in [0.3, 0.4) is 0 Å². The molecule has 0 aromatic heterocycles. The summed E-state index contributed by atoms with van der Waals surface area (Å²) in [7, 11) is -3.87. The van der Waals surface area contributed by atoms with Crippen LogP contribution in [0.25, 0.3) is 0 Å². The van der Waals surface area contributed by atoms with Crippen LogP contribution < -0.4 is 9.62 Å². The number of hydrogen-bond acceptors (Lipinski definition) is 3. The van der Waals surface area contributed by atoms with E-state index in [1.165, 1.54) is 17.1 Å². The lowest BCUT2D eigenvalue weighted by atomic mass is 9.95. The SMILES string of the molecule is Cc1ccc(S(=O)(=O)N(CC(=O)N[C@H]2C[C@H]3CC[C@H]2C3)c2ccc(Br)cc2)cc1. The molecule has 7 heteroatoms. The zero-order valence-electron chi connectivity index (χ0n) is 16.3. The molecule has 2 aliphatic carbocycles. The average Bonchev–Trinajstić information content (AvgIpc) is 3.30. The number of nitrogens with one attached hydrogen (secondary N) is 1. The predicted octanol–water partition coefficient (Wildman–Crippen LogP) is 4.26. The molecule has 0 saturated heterocycles. The van der Waals surface area contributed by atoms with Gasteiger partial charge in [-0.1, -0.05) is 40.0 Å². The van der Waals surface area contributed by atoms with Crippen LogP contribution in [0.1, 0.15) is 31.2 Å². The number of halogens is 1. The van der Waals surface area contributed by atoms with E-state index in [9.17, 15) is 13.2 Å². The van der Waals surface area contributed by atoms with Crippen molar-refractivity contribution in [2.45, 2.75) is 43.5 Å². The minimum atomic E-state index is -3.87. The van der Waals surface area contributed by atoms with Gasteiger partial charge >= 0.3 is 0 Å². The van der Waals surface area contributed by atoms with Gasteiger partial charge in [0, 0.05) is 10.5 Å². The number of hydrogen-bond donors (Lipinski definition) is 1. The fourth-order valence-corrected chi connectivity index (χ4v) is 6.25. The van der Waals surface area contributed by atoms with E-state index in [0.717, 1.165) is 22.9 Å². The van der Waals surface area contributed by atoms with Gasteiger partial charge in [-0.25, -0.2) is 8.42 Å². The van der Waals surface area contributed by atoms with Crippen LogP contribution in [-0.4, -0.2) is 26.9 Å². The molecule has 2 bridgehead atoms. The highest BCUT2D eigenvalue weighted by Gasteiger charge is 2.40. The van der Waals surface area contributed by atoms with E-state index in [0.29, 0.717) is 17.5 Å². The molecule has 0 radical (unpaired) electrons. The number of anilines is 1. The van der Waals surface area contributed by atoms with E-state index in [4.69, 9.17) is 0 Å². The molecule has 0 heterocycles. The van der Waals surface area contributed by atoms with Crippen molar-refractivity contribution in [3.63, 3.8) is 0 Å². The minimum Gasteiger partial charge on any atom is -0.352 e. The molecule has 5 nitrogen and oxygen atoms in total. The second-order valence-electron chi connectivity index (χ2n) is 8.15. The number of carbonyl (C=O) groups excluding carboxylic acids is 1. The Balaban J connectivity index is 1.59. The van der Waals surface area contributed by atoms with E-state index in [2.05, 4.69) is 21.2 Å². The first kappa shape index (κ1) is 20.4. The lowest BCUT2D eigenvalue weighted by Gasteiger charge is -2.27. The molecule has 154 valence electrons. The molecule has 2 aromatic rings. The Morgan fingerprint density at radius 1 is 1.07 bits per heavy atom. The Morgan fingerprint density at radius 3 is 2.34 bits per heavy atom. The van der Waals surface area contributed by atoms with Gasteiger partial charge < -0.3 is 5.32 Å². The van der Waals surface area contributed by atoms with Gasteiger partial charge in [0.05, 0.1) is 10.6 Å². The van der Waals surface area contributed by atoms with Crippen molar-refractivity contribution in [3.05, 3.63) is 58.6 Å². The van der Waals surface area contributed by atoms with Gasteiger partial charge in [-0.2, -0.15) is 0 Å². The normalized spacial score (nSPS) is 23.2. The number of fused-ring (bicyclic) bond motifs is 2. The highest BCUT2D eigenvalue weighted by molar-refractivity contribution is 9.10. The van der Waals surface area contributed by atoms with Crippen molar-refractivity contribution in [2.24, 2.45) is 11.8 Å². The molecule has 2 aromatic carbocycles. The van der Waals surface area contributed by atoms with Gasteiger partial charge in [0.2, 0.25) is 5.91 Å². The van der Waals surface area contributed by atoms with Crippen molar-refractivity contribution in [1.82, 2.24) is 5.32 Å². The fourth-order valence-electron chi connectivity index (χ4n) is 4.56. The number of benzene rings is 2. The predicted molar refractivity (Wildman–Crippen MR) is 117 cm³/mol. The molecular weight excluding hydrogens is 452 g/mol. The van der Waals surface area contributed by atoms with Crippen LogP contribution in [0.15, 0.2) is 57.9 Å². The molecule has 2 aliphatic rings. The Kier molecular flexibility index (Phi) is 5.71. The van der Waals surface area contributed by atoms with Crippen molar-refractivity contribution in [3.8, 4) is 0 Å². The Labute approximate surface area is 180 Å². The smallest absolute Gasteiger partial charge is 0.264 e. The third-order valence-electron chi connectivity index (χ3n) is 6.10. The summed E-state index contributed by atoms with van der Waals surface area (Å²) in [6, 6.07) is 13.9. The van der Waals surface area contributed by atoms with Crippen molar-refractivity contribution in [2.75, 3.05) is 10.8 Å². The van der Waals surface area contributed by atoms with Crippen LogP contribution >= 0.6 is 15.9 Å². The highest BCUT2D eigenvalue weighted by atomic mass is 79.9. The van der Waals surface area contributed by atoms with Crippen molar-refractivity contribution < 1.29 is 13.2 Å². The number of nitrogens with zero attached hydrogens (tertiary/aromatic N) is 1. The maximum Gasteiger partial charge on any atom is 0.264 e. The van der Waals surface area contributed by atoms with Crippen LogP contribution in [-0.2, 0) is 14.8 Å². The molecule has 0 unspecified atom stereocenters. The molecule has 29 heavy (non-hydrogen) atoms.